The molecular formula is C15H20N4O4. The van der Waals surface area contributed by atoms with Gasteiger partial charge < -0.3 is 18.8 Å². The minimum Gasteiger partial charge on any atom is -0.466 e. The van der Waals surface area contributed by atoms with Crippen LogP contribution in [0.5, 0.6) is 0 Å². The van der Waals surface area contributed by atoms with Gasteiger partial charge in [0.15, 0.2) is 0 Å². The summed E-state index contributed by atoms with van der Waals surface area (Å²) in [6.07, 6.45) is 0. The molecule has 0 spiro atoms. The molecule has 0 aliphatic carbocycles. The lowest BCUT2D eigenvalue weighted by molar-refractivity contribution is -0.136. The van der Waals surface area contributed by atoms with Gasteiger partial charge in [-0.25, -0.2) is 0 Å². The van der Waals surface area contributed by atoms with Crippen molar-refractivity contribution >= 4 is 5.91 Å². The van der Waals surface area contributed by atoms with E-state index in [0.29, 0.717) is 44.5 Å². The minimum absolute atomic E-state index is 0.226. The summed E-state index contributed by atoms with van der Waals surface area (Å²) in [6.45, 7) is 6.48. The predicted molar refractivity (Wildman–Crippen MR) is 80.4 cm³/mol. The van der Waals surface area contributed by atoms with Crippen LogP contribution in [0.15, 0.2) is 14.9 Å². The Hall–Kier alpha value is -2.19. The van der Waals surface area contributed by atoms with Crippen LogP contribution in [0.3, 0.4) is 0 Å². The number of aliphatic hydroxyl groups is 1. The van der Waals surface area contributed by atoms with Crippen molar-refractivity contribution in [2.24, 2.45) is 0 Å². The highest BCUT2D eigenvalue weighted by molar-refractivity contribution is 5.77. The number of hydrogen-bond donors (Lipinski definition) is 1. The lowest BCUT2D eigenvalue weighted by atomic mass is 10.2. The van der Waals surface area contributed by atoms with Crippen LogP contribution in [0, 0.1) is 13.8 Å². The SMILES string of the molecule is Cc1cc(-c2nnc(CN3CCN(C(=O)CO)CC3)o2)c(C)o1. The number of piperazine rings is 1. The number of aromatic nitrogens is 2. The Labute approximate surface area is 133 Å². The van der Waals surface area contributed by atoms with Crippen molar-refractivity contribution in [2.45, 2.75) is 20.4 Å². The van der Waals surface area contributed by atoms with Gasteiger partial charge in [0.25, 0.3) is 5.89 Å². The lowest BCUT2D eigenvalue weighted by Crippen LogP contribution is -2.49. The largest absolute Gasteiger partial charge is 0.466 e. The first-order valence-corrected chi connectivity index (χ1v) is 7.57. The van der Waals surface area contributed by atoms with E-state index in [2.05, 4.69) is 15.1 Å². The summed E-state index contributed by atoms with van der Waals surface area (Å²) >= 11 is 0. The van der Waals surface area contributed by atoms with Gasteiger partial charge in [-0.3, -0.25) is 9.69 Å². The second-order valence-electron chi connectivity index (χ2n) is 5.64. The molecule has 0 aromatic carbocycles. The van der Waals surface area contributed by atoms with E-state index in [1.165, 1.54) is 0 Å². The number of carbonyl (C=O) groups excluding carboxylic acids is 1. The molecule has 0 radical (unpaired) electrons. The quantitative estimate of drug-likeness (QED) is 0.880. The second kappa shape index (κ2) is 6.51. The average Bonchev–Trinajstić information content (AvgIpc) is 3.13. The van der Waals surface area contributed by atoms with E-state index in [4.69, 9.17) is 13.9 Å². The highest BCUT2D eigenvalue weighted by Gasteiger charge is 2.22. The Morgan fingerprint density at radius 1 is 1.22 bits per heavy atom. The van der Waals surface area contributed by atoms with Gasteiger partial charge in [-0.15, -0.1) is 10.2 Å². The molecule has 1 saturated heterocycles. The molecule has 1 N–H and O–H groups in total. The zero-order valence-electron chi connectivity index (χ0n) is 13.3. The Bertz CT molecular complexity index is 685. The van der Waals surface area contributed by atoms with Crippen molar-refractivity contribution in [1.82, 2.24) is 20.0 Å². The van der Waals surface area contributed by atoms with Crippen molar-refractivity contribution in [1.29, 1.82) is 0 Å². The fourth-order valence-corrected chi connectivity index (χ4v) is 2.72. The molecule has 0 saturated carbocycles. The molecule has 3 rings (SSSR count). The standard InChI is InChI=1S/C15H20N4O4/c1-10-7-12(11(2)22-10)15-17-16-13(23-15)8-18-3-5-19(6-4-18)14(21)9-20/h7,20H,3-6,8-9H2,1-2H3. The molecule has 3 heterocycles. The van der Waals surface area contributed by atoms with E-state index in [1.807, 2.05) is 19.9 Å². The number of hydrogen-bond acceptors (Lipinski definition) is 7. The van der Waals surface area contributed by atoms with Crippen LogP contribution in [0.25, 0.3) is 11.5 Å². The number of aryl methyl sites for hydroxylation is 2. The summed E-state index contributed by atoms with van der Waals surface area (Å²) in [4.78, 5) is 15.2. The molecule has 1 amide bonds. The predicted octanol–water partition coefficient (Wildman–Crippen LogP) is 0.583. The average molecular weight is 320 g/mol. The topological polar surface area (TPSA) is 95.8 Å². The fraction of sp³-hybridized carbons (Fsp3) is 0.533. The van der Waals surface area contributed by atoms with E-state index in [9.17, 15) is 4.79 Å². The maximum Gasteiger partial charge on any atom is 0.251 e. The molecule has 0 atom stereocenters. The first-order valence-electron chi connectivity index (χ1n) is 7.57. The summed E-state index contributed by atoms with van der Waals surface area (Å²) < 4.78 is 11.2. The zero-order chi connectivity index (χ0) is 16.4. The van der Waals surface area contributed by atoms with E-state index in [0.717, 1.165) is 17.1 Å². The fourth-order valence-electron chi connectivity index (χ4n) is 2.72. The molecule has 0 unspecified atom stereocenters. The third-order valence-corrected chi connectivity index (χ3v) is 3.96. The van der Waals surface area contributed by atoms with Crippen LogP contribution in [-0.4, -0.2) is 63.8 Å². The molecule has 1 fully saturated rings. The summed E-state index contributed by atoms with van der Waals surface area (Å²) in [7, 11) is 0. The van der Waals surface area contributed by atoms with Crippen LogP contribution in [0.2, 0.25) is 0 Å². The normalized spacial score (nSPS) is 16.0. The molecule has 2 aromatic heterocycles. The molecule has 124 valence electrons. The highest BCUT2D eigenvalue weighted by atomic mass is 16.4. The van der Waals surface area contributed by atoms with Gasteiger partial charge in [-0.2, -0.15) is 0 Å². The highest BCUT2D eigenvalue weighted by Crippen LogP contribution is 2.25. The van der Waals surface area contributed by atoms with Gasteiger partial charge in [0.1, 0.15) is 18.1 Å². The number of furan rings is 1. The smallest absolute Gasteiger partial charge is 0.251 e. The summed E-state index contributed by atoms with van der Waals surface area (Å²) in [5.41, 5.74) is 0.819. The minimum atomic E-state index is -0.434. The van der Waals surface area contributed by atoms with Gasteiger partial charge in [0.05, 0.1) is 12.1 Å². The molecule has 1 aliphatic rings. The molecule has 2 aromatic rings. The third kappa shape index (κ3) is 3.43. The van der Waals surface area contributed by atoms with Gasteiger partial charge in [-0.05, 0) is 19.9 Å². The Balaban J connectivity index is 1.60. The van der Waals surface area contributed by atoms with Crippen molar-refractivity contribution in [3.05, 3.63) is 23.5 Å². The molecule has 8 nitrogen and oxygen atoms in total. The van der Waals surface area contributed by atoms with Gasteiger partial charge in [0.2, 0.25) is 11.8 Å². The lowest BCUT2D eigenvalue weighted by Gasteiger charge is -2.33. The maximum absolute atomic E-state index is 11.4. The third-order valence-electron chi connectivity index (χ3n) is 3.96. The van der Waals surface area contributed by atoms with Crippen molar-refractivity contribution in [2.75, 3.05) is 32.8 Å². The first kappa shape index (κ1) is 15.7. The van der Waals surface area contributed by atoms with Crippen molar-refractivity contribution in [3.63, 3.8) is 0 Å². The van der Waals surface area contributed by atoms with E-state index in [1.54, 1.807) is 4.90 Å². The van der Waals surface area contributed by atoms with Crippen LogP contribution in [0.4, 0.5) is 0 Å². The van der Waals surface area contributed by atoms with Crippen LogP contribution < -0.4 is 0 Å². The molecule has 1 aliphatic heterocycles. The monoisotopic (exact) mass is 320 g/mol. The zero-order valence-corrected chi connectivity index (χ0v) is 13.3. The summed E-state index contributed by atoms with van der Waals surface area (Å²) in [5, 5.41) is 17.0. The van der Waals surface area contributed by atoms with Crippen LogP contribution in [-0.2, 0) is 11.3 Å². The van der Waals surface area contributed by atoms with Crippen LogP contribution in [0.1, 0.15) is 17.4 Å². The van der Waals surface area contributed by atoms with Gasteiger partial charge in [0, 0.05) is 26.2 Å². The van der Waals surface area contributed by atoms with Crippen LogP contribution >= 0.6 is 0 Å². The molecule has 23 heavy (non-hydrogen) atoms. The van der Waals surface area contributed by atoms with E-state index >= 15 is 0 Å². The Morgan fingerprint density at radius 2 is 1.96 bits per heavy atom. The summed E-state index contributed by atoms with van der Waals surface area (Å²) in [5.74, 6) is 2.34. The summed E-state index contributed by atoms with van der Waals surface area (Å²) in [6, 6.07) is 1.88. The van der Waals surface area contributed by atoms with Gasteiger partial charge >= 0.3 is 0 Å². The number of nitrogens with zero attached hydrogens (tertiary/aromatic N) is 4. The molecule has 8 heteroatoms. The Morgan fingerprint density at radius 3 is 2.57 bits per heavy atom. The first-order chi connectivity index (χ1) is 11.1. The molecule has 0 bridgehead atoms. The van der Waals surface area contributed by atoms with Gasteiger partial charge in [-0.1, -0.05) is 0 Å². The van der Waals surface area contributed by atoms with Crippen molar-refractivity contribution < 1.29 is 18.7 Å². The van der Waals surface area contributed by atoms with E-state index in [-0.39, 0.29) is 5.91 Å². The maximum atomic E-state index is 11.4. The number of amides is 1. The Kier molecular flexibility index (Phi) is 4.44. The number of carbonyl (C=O) groups is 1. The molecular weight excluding hydrogens is 300 g/mol. The number of aliphatic hydroxyl groups excluding tert-OH is 1. The number of rotatable bonds is 4. The van der Waals surface area contributed by atoms with Crippen molar-refractivity contribution in [3.8, 4) is 11.5 Å². The second-order valence-corrected chi connectivity index (χ2v) is 5.64. The van der Waals surface area contributed by atoms with E-state index < -0.39 is 6.61 Å².